The Kier molecular flexibility index (Phi) is 5.51. The molecule has 1 aromatic heterocycles. The average molecular weight is 382 g/mol. The number of carbonyl (C=O) groups excluding carboxylic acids is 1. The van der Waals surface area contributed by atoms with Gasteiger partial charge in [0.05, 0.1) is 17.4 Å². The Bertz CT molecular complexity index is 820. The van der Waals surface area contributed by atoms with Crippen LogP contribution in [0, 0.1) is 11.7 Å². The molecular formula is C17H19FN2O3S2. The number of thiophene rings is 1. The SMILES string of the molecule is O=C(NCc1cccs1)[C@H]1CCCN(S(=O)(=O)c2ccc(F)cc2)C1. The number of sulfonamides is 1. The van der Waals surface area contributed by atoms with Crippen LogP contribution in [0.25, 0.3) is 0 Å². The molecule has 1 aliphatic heterocycles. The summed E-state index contributed by atoms with van der Waals surface area (Å²) in [6, 6.07) is 8.63. The van der Waals surface area contributed by atoms with Crippen molar-refractivity contribution in [2.24, 2.45) is 5.92 Å². The van der Waals surface area contributed by atoms with E-state index in [1.54, 1.807) is 11.3 Å². The first-order valence-corrected chi connectivity index (χ1v) is 10.3. The molecule has 1 aromatic carbocycles. The molecule has 1 amide bonds. The number of piperidine rings is 1. The van der Waals surface area contributed by atoms with E-state index in [2.05, 4.69) is 5.32 Å². The van der Waals surface area contributed by atoms with Crippen LogP contribution < -0.4 is 5.32 Å². The highest BCUT2D eigenvalue weighted by molar-refractivity contribution is 7.89. The molecule has 0 bridgehead atoms. The Balaban J connectivity index is 1.65. The second kappa shape index (κ2) is 7.63. The van der Waals surface area contributed by atoms with Gasteiger partial charge < -0.3 is 5.32 Å². The lowest BCUT2D eigenvalue weighted by atomic mass is 9.99. The molecule has 8 heteroatoms. The Hall–Kier alpha value is -1.77. The molecule has 1 aliphatic rings. The van der Waals surface area contributed by atoms with Gasteiger partial charge in [0.15, 0.2) is 0 Å². The van der Waals surface area contributed by atoms with Crippen molar-refractivity contribution in [1.82, 2.24) is 9.62 Å². The van der Waals surface area contributed by atoms with E-state index < -0.39 is 15.8 Å². The van der Waals surface area contributed by atoms with Crippen molar-refractivity contribution in [3.63, 3.8) is 0 Å². The number of rotatable bonds is 5. The summed E-state index contributed by atoms with van der Waals surface area (Å²) in [5.41, 5.74) is 0. The zero-order valence-corrected chi connectivity index (χ0v) is 15.2. The van der Waals surface area contributed by atoms with Crippen LogP contribution in [-0.2, 0) is 21.4 Å². The van der Waals surface area contributed by atoms with Gasteiger partial charge in [-0.3, -0.25) is 4.79 Å². The molecule has 1 saturated heterocycles. The predicted molar refractivity (Wildman–Crippen MR) is 94.0 cm³/mol. The third kappa shape index (κ3) is 4.26. The fourth-order valence-corrected chi connectivity index (χ4v) is 5.03. The summed E-state index contributed by atoms with van der Waals surface area (Å²) in [6.45, 7) is 0.974. The summed E-state index contributed by atoms with van der Waals surface area (Å²) >= 11 is 1.56. The van der Waals surface area contributed by atoms with Gasteiger partial charge in [-0.1, -0.05) is 6.07 Å². The summed E-state index contributed by atoms with van der Waals surface area (Å²) in [6.07, 6.45) is 1.28. The highest BCUT2D eigenvalue weighted by atomic mass is 32.2. The van der Waals surface area contributed by atoms with Gasteiger partial charge in [0.2, 0.25) is 15.9 Å². The second-order valence-electron chi connectivity index (χ2n) is 5.95. The lowest BCUT2D eigenvalue weighted by Crippen LogP contribution is -2.45. The van der Waals surface area contributed by atoms with E-state index in [4.69, 9.17) is 0 Å². The average Bonchev–Trinajstić information content (AvgIpc) is 3.14. The molecule has 1 atom stereocenters. The van der Waals surface area contributed by atoms with Gasteiger partial charge in [-0.15, -0.1) is 11.3 Å². The van der Waals surface area contributed by atoms with Crippen LogP contribution >= 0.6 is 11.3 Å². The van der Waals surface area contributed by atoms with Gasteiger partial charge >= 0.3 is 0 Å². The molecular weight excluding hydrogens is 363 g/mol. The maximum atomic E-state index is 13.0. The number of halogens is 1. The van der Waals surface area contributed by atoms with Crippen LogP contribution in [-0.4, -0.2) is 31.7 Å². The normalized spacial score (nSPS) is 18.8. The Morgan fingerprint density at radius 1 is 1.28 bits per heavy atom. The van der Waals surface area contributed by atoms with Crippen molar-refractivity contribution in [2.75, 3.05) is 13.1 Å². The van der Waals surface area contributed by atoms with E-state index in [9.17, 15) is 17.6 Å². The van der Waals surface area contributed by atoms with Crippen LogP contribution in [0.1, 0.15) is 17.7 Å². The largest absolute Gasteiger partial charge is 0.351 e. The Morgan fingerprint density at radius 2 is 2.04 bits per heavy atom. The molecule has 134 valence electrons. The quantitative estimate of drug-likeness (QED) is 0.864. The zero-order valence-electron chi connectivity index (χ0n) is 13.5. The molecule has 0 spiro atoms. The molecule has 0 aliphatic carbocycles. The minimum absolute atomic E-state index is 0.0496. The third-order valence-corrected chi connectivity index (χ3v) is 6.98. The van der Waals surface area contributed by atoms with Gasteiger partial charge in [0.1, 0.15) is 5.82 Å². The fourth-order valence-electron chi connectivity index (χ4n) is 2.86. The molecule has 0 unspecified atom stereocenters. The molecule has 1 fully saturated rings. The standard InChI is InChI=1S/C17H19FN2O3S2/c18-14-5-7-16(8-6-14)25(22,23)20-9-1-3-13(12-20)17(21)19-11-15-4-2-10-24-15/h2,4-8,10,13H,1,3,9,11-12H2,(H,19,21)/t13-/m0/s1. The molecule has 25 heavy (non-hydrogen) atoms. The number of hydrogen-bond acceptors (Lipinski definition) is 4. The van der Waals surface area contributed by atoms with Gasteiger partial charge in [-0.25, -0.2) is 12.8 Å². The van der Waals surface area contributed by atoms with Gasteiger partial charge in [-0.2, -0.15) is 4.31 Å². The minimum atomic E-state index is -3.71. The van der Waals surface area contributed by atoms with Crippen LogP contribution in [0.2, 0.25) is 0 Å². The van der Waals surface area contributed by atoms with E-state index in [0.29, 0.717) is 25.9 Å². The van der Waals surface area contributed by atoms with Crippen molar-refractivity contribution in [3.05, 3.63) is 52.5 Å². The van der Waals surface area contributed by atoms with E-state index in [1.807, 2.05) is 17.5 Å². The highest BCUT2D eigenvalue weighted by Crippen LogP contribution is 2.24. The molecule has 3 rings (SSSR count). The fraction of sp³-hybridized carbons (Fsp3) is 0.353. The van der Waals surface area contributed by atoms with Crippen molar-refractivity contribution in [1.29, 1.82) is 0 Å². The van der Waals surface area contributed by atoms with Crippen molar-refractivity contribution < 1.29 is 17.6 Å². The molecule has 1 N–H and O–H groups in total. The summed E-state index contributed by atoms with van der Waals surface area (Å²) < 4.78 is 39.7. The molecule has 2 aromatic rings. The van der Waals surface area contributed by atoms with E-state index >= 15 is 0 Å². The second-order valence-corrected chi connectivity index (χ2v) is 8.92. The molecule has 5 nitrogen and oxygen atoms in total. The number of benzene rings is 1. The van der Waals surface area contributed by atoms with E-state index in [0.717, 1.165) is 17.0 Å². The summed E-state index contributed by atoms with van der Waals surface area (Å²) in [5.74, 6) is -0.986. The first-order valence-electron chi connectivity index (χ1n) is 8.02. The number of nitrogens with zero attached hydrogens (tertiary/aromatic N) is 1. The number of nitrogens with one attached hydrogen (secondary N) is 1. The number of carbonyl (C=O) groups is 1. The monoisotopic (exact) mass is 382 g/mol. The maximum Gasteiger partial charge on any atom is 0.243 e. The lowest BCUT2D eigenvalue weighted by Gasteiger charge is -2.31. The van der Waals surface area contributed by atoms with Crippen LogP contribution in [0.4, 0.5) is 4.39 Å². The first-order chi connectivity index (χ1) is 12.0. The van der Waals surface area contributed by atoms with Crippen LogP contribution in [0.5, 0.6) is 0 Å². The smallest absolute Gasteiger partial charge is 0.243 e. The van der Waals surface area contributed by atoms with Gasteiger partial charge in [-0.05, 0) is 48.6 Å². The first kappa shape index (κ1) is 18.0. The third-order valence-electron chi connectivity index (χ3n) is 4.22. The molecule has 0 saturated carbocycles. The topological polar surface area (TPSA) is 66.5 Å². The van der Waals surface area contributed by atoms with Crippen molar-refractivity contribution >= 4 is 27.3 Å². The van der Waals surface area contributed by atoms with Gasteiger partial charge in [0, 0.05) is 18.0 Å². The minimum Gasteiger partial charge on any atom is -0.351 e. The molecule has 0 radical (unpaired) electrons. The van der Waals surface area contributed by atoms with Crippen LogP contribution in [0.15, 0.2) is 46.7 Å². The van der Waals surface area contributed by atoms with E-state index in [-0.39, 0.29) is 23.3 Å². The Labute approximate surface area is 150 Å². The van der Waals surface area contributed by atoms with Crippen molar-refractivity contribution in [3.8, 4) is 0 Å². The summed E-state index contributed by atoms with van der Waals surface area (Å²) in [5, 5.41) is 4.82. The number of hydrogen-bond donors (Lipinski definition) is 1. The highest BCUT2D eigenvalue weighted by Gasteiger charge is 2.33. The predicted octanol–water partition coefficient (Wildman–Crippen LogP) is 2.60. The lowest BCUT2D eigenvalue weighted by molar-refractivity contribution is -0.126. The van der Waals surface area contributed by atoms with Gasteiger partial charge in [0.25, 0.3) is 0 Å². The summed E-state index contributed by atoms with van der Waals surface area (Å²) in [7, 11) is -3.71. The van der Waals surface area contributed by atoms with E-state index in [1.165, 1.54) is 16.4 Å². The molecule has 2 heterocycles. The van der Waals surface area contributed by atoms with Crippen molar-refractivity contribution in [2.45, 2.75) is 24.3 Å². The summed E-state index contributed by atoms with van der Waals surface area (Å²) in [4.78, 5) is 13.5. The van der Waals surface area contributed by atoms with Crippen LogP contribution in [0.3, 0.4) is 0 Å². The maximum absolute atomic E-state index is 13.0. The zero-order chi connectivity index (χ0) is 17.9. The Morgan fingerprint density at radius 3 is 2.72 bits per heavy atom. The number of amides is 1.